The number of fused-ring (bicyclic) bond motifs is 1. The zero-order valence-corrected chi connectivity index (χ0v) is 12.6. The second kappa shape index (κ2) is 6.64. The molecule has 1 heterocycles. The fourth-order valence-corrected chi connectivity index (χ4v) is 2.63. The lowest BCUT2D eigenvalue weighted by Gasteiger charge is -2.16. The normalized spacial score (nSPS) is 12.5. The zero-order chi connectivity index (χ0) is 15.4. The fraction of sp³-hybridized carbons (Fsp3) is 0.222. The highest BCUT2D eigenvalue weighted by Crippen LogP contribution is 2.22. The number of aliphatic hydroxyl groups excluding tert-OH is 1. The molecule has 0 aliphatic heterocycles. The largest absolute Gasteiger partial charge is 0.394 e. The first-order valence-electron chi connectivity index (χ1n) is 7.38. The highest BCUT2D eigenvalue weighted by molar-refractivity contribution is 5.83. The first-order valence-corrected chi connectivity index (χ1v) is 7.38. The van der Waals surface area contributed by atoms with Gasteiger partial charge in [0.05, 0.1) is 12.3 Å². The van der Waals surface area contributed by atoms with Crippen molar-refractivity contribution >= 4 is 16.6 Å². The fourth-order valence-electron chi connectivity index (χ4n) is 2.63. The molecule has 0 saturated carbocycles. The molecule has 0 spiro atoms. The lowest BCUT2D eigenvalue weighted by Crippen LogP contribution is -2.23. The molecule has 0 bridgehead atoms. The lowest BCUT2D eigenvalue weighted by atomic mass is 10.1. The Morgan fingerprint density at radius 1 is 1.09 bits per heavy atom. The monoisotopic (exact) mass is 296 g/mol. The van der Waals surface area contributed by atoms with Crippen LogP contribution in [0.25, 0.3) is 10.9 Å². The predicted molar refractivity (Wildman–Crippen MR) is 88.6 cm³/mol. The van der Waals surface area contributed by atoms with Crippen LogP contribution in [-0.2, 0) is 18.3 Å². The van der Waals surface area contributed by atoms with Gasteiger partial charge in [0.2, 0.25) is 0 Å². The summed E-state index contributed by atoms with van der Waals surface area (Å²) in [4.78, 5) is 5.63. The summed E-state index contributed by atoms with van der Waals surface area (Å²) in [5.74, 6) is 0. The van der Waals surface area contributed by atoms with Gasteiger partial charge in [-0.3, -0.25) is 10.3 Å². The number of nitrogens with zero attached hydrogens (tertiary/aromatic N) is 1. The number of aryl methyl sites for hydroxylation is 1. The molecule has 3 rings (SSSR count). The second-order valence-electron chi connectivity index (χ2n) is 5.38. The first kappa shape index (κ1) is 14.6. The predicted octanol–water partition coefficient (Wildman–Crippen LogP) is 3.13. The summed E-state index contributed by atoms with van der Waals surface area (Å²) in [6, 6.07) is 17.9. The Balaban J connectivity index is 1.72. The van der Waals surface area contributed by atoms with E-state index >= 15 is 0 Å². The summed E-state index contributed by atoms with van der Waals surface area (Å²) in [6.07, 6.45) is 2.45. The van der Waals surface area contributed by atoms with Crippen LogP contribution in [0.1, 0.15) is 5.56 Å². The number of nitrogens with one attached hydrogen (secondary N) is 1. The molecule has 0 saturated heterocycles. The number of rotatable bonds is 6. The van der Waals surface area contributed by atoms with Crippen LogP contribution in [0.15, 0.2) is 60.8 Å². The smallest absolute Gasteiger partial charge is 0.112 e. The Morgan fingerprint density at radius 2 is 1.82 bits per heavy atom. The van der Waals surface area contributed by atoms with Gasteiger partial charge in [-0.2, -0.15) is 0 Å². The lowest BCUT2D eigenvalue weighted by molar-refractivity contribution is 0.0478. The van der Waals surface area contributed by atoms with Crippen LogP contribution >= 0.6 is 0 Å². The summed E-state index contributed by atoms with van der Waals surface area (Å²) in [5.41, 5.74) is 6.14. The van der Waals surface area contributed by atoms with Gasteiger partial charge in [0, 0.05) is 30.6 Å². The van der Waals surface area contributed by atoms with Crippen molar-refractivity contribution in [2.45, 2.75) is 12.5 Å². The molecule has 3 aromatic rings. The maximum atomic E-state index is 9.57. The SMILES string of the molecule is Cn1cc(C[C@H](CO)ONc2ccccc2)c2ccccc21. The number of hydrogen-bond donors (Lipinski definition) is 2. The van der Waals surface area contributed by atoms with Crippen LogP contribution in [0.2, 0.25) is 0 Å². The van der Waals surface area contributed by atoms with E-state index in [2.05, 4.69) is 28.4 Å². The van der Waals surface area contributed by atoms with Gasteiger partial charge in [0.1, 0.15) is 6.10 Å². The van der Waals surface area contributed by atoms with Gasteiger partial charge in [-0.15, -0.1) is 0 Å². The summed E-state index contributed by atoms with van der Waals surface area (Å²) >= 11 is 0. The minimum atomic E-state index is -0.300. The summed E-state index contributed by atoms with van der Waals surface area (Å²) in [6.45, 7) is -0.0386. The van der Waals surface area contributed by atoms with E-state index < -0.39 is 0 Å². The molecule has 4 heteroatoms. The average Bonchev–Trinajstić information content (AvgIpc) is 2.89. The number of anilines is 1. The molecule has 0 amide bonds. The van der Waals surface area contributed by atoms with Gasteiger partial charge in [-0.1, -0.05) is 36.4 Å². The Morgan fingerprint density at radius 3 is 2.59 bits per heavy atom. The van der Waals surface area contributed by atoms with Crippen molar-refractivity contribution in [1.29, 1.82) is 0 Å². The molecule has 4 nitrogen and oxygen atoms in total. The van der Waals surface area contributed by atoms with E-state index in [-0.39, 0.29) is 12.7 Å². The Bertz CT molecular complexity index is 737. The van der Waals surface area contributed by atoms with Gasteiger partial charge in [0.25, 0.3) is 0 Å². The number of hydrogen-bond acceptors (Lipinski definition) is 3. The average molecular weight is 296 g/mol. The van der Waals surface area contributed by atoms with Crippen molar-refractivity contribution in [2.75, 3.05) is 12.1 Å². The molecule has 1 aromatic heterocycles. The van der Waals surface area contributed by atoms with Crippen LogP contribution in [0.3, 0.4) is 0 Å². The van der Waals surface area contributed by atoms with Crippen molar-refractivity contribution < 1.29 is 9.94 Å². The molecule has 2 N–H and O–H groups in total. The van der Waals surface area contributed by atoms with Crippen molar-refractivity contribution in [3.63, 3.8) is 0 Å². The molecule has 0 unspecified atom stereocenters. The van der Waals surface area contributed by atoms with Gasteiger partial charge >= 0.3 is 0 Å². The third-order valence-corrected chi connectivity index (χ3v) is 3.75. The molecule has 0 aliphatic carbocycles. The zero-order valence-electron chi connectivity index (χ0n) is 12.6. The molecule has 0 aliphatic rings. The molecule has 22 heavy (non-hydrogen) atoms. The Hall–Kier alpha value is -2.30. The number of benzene rings is 2. The van der Waals surface area contributed by atoms with Crippen molar-refractivity contribution in [2.24, 2.45) is 7.05 Å². The Kier molecular flexibility index (Phi) is 4.42. The Labute approximate surface area is 129 Å². The second-order valence-corrected chi connectivity index (χ2v) is 5.38. The quantitative estimate of drug-likeness (QED) is 0.687. The van der Waals surface area contributed by atoms with Crippen LogP contribution in [-0.4, -0.2) is 22.4 Å². The van der Waals surface area contributed by atoms with Crippen LogP contribution in [0.4, 0.5) is 5.69 Å². The van der Waals surface area contributed by atoms with Gasteiger partial charge in [-0.05, 0) is 23.8 Å². The van der Waals surface area contributed by atoms with Crippen molar-refractivity contribution in [1.82, 2.24) is 4.57 Å². The molecular weight excluding hydrogens is 276 g/mol. The topological polar surface area (TPSA) is 46.4 Å². The molecular formula is C18H20N2O2. The number of aromatic nitrogens is 1. The highest BCUT2D eigenvalue weighted by Gasteiger charge is 2.14. The summed E-state index contributed by atoms with van der Waals surface area (Å²) < 4.78 is 2.10. The summed E-state index contributed by atoms with van der Waals surface area (Å²) in [7, 11) is 2.03. The van der Waals surface area contributed by atoms with E-state index in [0.29, 0.717) is 6.42 Å². The van der Waals surface area contributed by atoms with E-state index in [4.69, 9.17) is 4.84 Å². The van der Waals surface area contributed by atoms with E-state index in [0.717, 1.165) is 5.69 Å². The minimum absolute atomic E-state index is 0.0386. The van der Waals surface area contributed by atoms with Gasteiger partial charge in [0.15, 0.2) is 0 Å². The van der Waals surface area contributed by atoms with Crippen molar-refractivity contribution in [3.8, 4) is 0 Å². The molecule has 114 valence electrons. The van der Waals surface area contributed by atoms with Crippen molar-refractivity contribution in [3.05, 3.63) is 66.4 Å². The van der Waals surface area contributed by atoms with E-state index in [1.54, 1.807) is 0 Å². The van der Waals surface area contributed by atoms with Gasteiger partial charge in [-0.25, -0.2) is 0 Å². The molecule has 1 atom stereocenters. The van der Waals surface area contributed by atoms with E-state index in [9.17, 15) is 5.11 Å². The third kappa shape index (κ3) is 3.13. The first-order chi connectivity index (χ1) is 10.8. The van der Waals surface area contributed by atoms with Crippen LogP contribution in [0, 0.1) is 0 Å². The third-order valence-electron chi connectivity index (χ3n) is 3.75. The minimum Gasteiger partial charge on any atom is -0.394 e. The number of aliphatic hydroxyl groups is 1. The summed E-state index contributed by atoms with van der Waals surface area (Å²) in [5, 5.41) is 10.8. The molecule has 0 fully saturated rings. The standard InChI is InChI=1S/C18H20N2O2/c1-20-12-14(17-9-5-6-10-18(17)20)11-16(13-21)22-19-15-7-3-2-4-8-15/h2-10,12,16,19,21H,11,13H2,1H3/t16-/m1/s1. The van der Waals surface area contributed by atoms with Crippen LogP contribution < -0.4 is 5.48 Å². The van der Waals surface area contributed by atoms with Crippen LogP contribution in [0.5, 0.6) is 0 Å². The van der Waals surface area contributed by atoms with E-state index in [1.165, 1.54) is 16.5 Å². The maximum absolute atomic E-state index is 9.57. The highest BCUT2D eigenvalue weighted by atomic mass is 16.7. The van der Waals surface area contributed by atoms with Gasteiger partial charge < -0.3 is 9.67 Å². The number of para-hydroxylation sites is 2. The molecule has 2 aromatic carbocycles. The van der Waals surface area contributed by atoms with E-state index in [1.807, 2.05) is 49.5 Å². The maximum Gasteiger partial charge on any atom is 0.112 e. The molecule has 0 radical (unpaired) electrons.